The molecule has 6 heterocycles. The second-order valence-corrected chi connectivity index (χ2v) is 12.8. The van der Waals surface area contributed by atoms with Crippen LogP contribution in [-0.2, 0) is 4.74 Å². The summed E-state index contributed by atoms with van der Waals surface area (Å²) in [6.07, 6.45) is 7.07. The summed E-state index contributed by atoms with van der Waals surface area (Å²) < 4.78 is 43.2. The molecule has 4 aliphatic heterocycles. The maximum absolute atomic E-state index is 16.5. The summed E-state index contributed by atoms with van der Waals surface area (Å²) in [4.78, 5) is 18.2. The number of pyridine rings is 1. The van der Waals surface area contributed by atoms with Crippen molar-refractivity contribution in [2.75, 3.05) is 37.7 Å². The van der Waals surface area contributed by atoms with E-state index in [1.807, 2.05) is 0 Å². The van der Waals surface area contributed by atoms with E-state index >= 15 is 4.39 Å². The summed E-state index contributed by atoms with van der Waals surface area (Å²) in [6, 6.07) is 3.09. The SMILES string of the molecule is Oc1cc(Cl)c(C2CC2)c(-c2ncc3c(N4CC5CCC(C4)O5)nc(OC[C@@]45CCCN4C[C@H](F)C5)nc3c2F)c1. The predicted octanol–water partition coefficient (Wildman–Crippen LogP) is 5.39. The summed E-state index contributed by atoms with van der Waals surface area (Å²) in [7, 11) is 0. The fraction of sp³-hybridized carbons (Fsp3) is 0.567. The number of phenols is 1. The minimum atomic E-state index is -0.878. The molecule has 5 aliphatic rings. The Bertz CT molecular complexity index is 1530. The minimum absolute atomic E-state index is 0.0463. The highest BCUT2D eigenvalue weighted by Gasteiger charge is 2.49. The summed E-state index contributed by atoms with van der Waals surface area (Å²) in [5, 5.41) is 11.2. The van der Waals surface area contributed by atoms with Crippen molar-refractivity contribution in [2.45, 2.75) is 74.8 Å². The lowest BCUT2D eigenvalue weighted by Crippen LogP contribution is -2.44. The fourth-order valence-corrected chi connectivity index (χ4v) is 7.90. The molecule has 1 aliphatic carbocycles. The van der Waals surface area contributed by atoms with Crippen molar-refractivity contribution in [1.82, 2.24) is 19.9 Å². The number of hydrogen-bond donors (Lipinski definition) is 1. The third-order valence-electron chi connectivity index (χ3n) is 9.57. The van der Waals surface area contributed by atoms with Crippen LogP contribution in [0, 0.1) is 5.82 Å². The molecule has 4 atom stereocenters. The van der Waals surface area contributed by atoms with E-state index in [2.05, 4.69) is 19.8 Å². The number of aromatic nitrogens is 3. The smallest absolute Gasteiger partial charge is 0.319 e. The van der Waals surface area contributed by atoms with Gasteiger partial charge in [-0.1, -0.05) is 11.6 Å². The van der Waals surface area contributed by atoms with Crippen LogP contribution in [0.25, 0.3) is 22.2 Å². The van der Waals surface area contributed by atoms with Crippen LogP contribution in [0.2, 0.25) is 5.02 Å². The largest absolute Gasteiger partial charge is 0.508 e. The molecule has 8 nitrogen and oxygen atoms in total. The lowest BCUT2D eigenvalue weighted by Gasteiger charge is -2.34. The van der Waals surface area contributed by atoms with Crippen LogP contribution in [0.3, 0.4) is 0 Å². The van der Waals surface area contributed by atoms with E-state index < -0.39 is 12.0 Å². The molecule has 3 aromatic rings. The molecule has 2 bridgehead atoms. The number of aromatic hydroxyl groups is 1. The lowest BCUT2D eigenvalue weighted by atomic mass is 9.95. The minimum Gasteiger partial charge on any atom is -0.508 e. The lowest BCUT2D eigenvalue weighted by molar-refractivity contribution is 0.0302. The first kappa shape index (κ1) is 25.9. The molecular weight excluding hydrogens is 552 g/mol. The van der Waals surface area contributed by atoms with Crippen molar-refractivity contribution in [3.63, 3.8) is 0 Å². The van der Waals surface area contributed by atoms with Crippen molar-refractivity contribution >= 4 is 28.3 Å². The van der Waals surface area contributed by atoms with Gasteiger partial charge in [-0.15, -0.1) is 0 Å². The van der Waals surface area contributed by atoms with Gasteiger partial charge in [0.15, 0.2) is 5.82 Å². The Morgan fingerprint density at radius 3 is 2.71 bits per heavy atom. The average Bonchev–Trinajstić information content (AvgIpc) is 3.52. The van der Waals surface area contributed by atoms with Crippen LogP contribution in [-0.4, -0.2) is 81.7 Å². The molecule has 4 saturated heterocycles. The molecule has 0 spiro atoms. The Balaban J connectivity index is 1.23. The first-order chi connectivity index (χ1) is 19.9. The number of anilines is 1. The predicted molar refractivity (Wildman–Crippen MR) is 150 cm³/mol. The van der Waals surface area contributed by atoms with Gasteiger partial charge in [0.1, 0.15) is 35.6 Å². The third kappa shape index (κ3) is 4.41. The van der Waals surface area contributed by atoms with E-state index in [0.29, 0.717) is 47.8 Å². The molecule has 11 heteroatoms. The molecule has 2 aromatic heterocycles. The molecule has 1 aromatic carbocycles. The van der Waals surface area contributed by atoms with Crippen LogP contribution < -0.4 is 9.64 Å². The van der Waals surface area contributed by atoms with Gasteiger partial charge in [0.05, 0.1) is 23.1 Å². The topological polar surface area (TPSA) is 83.8 Å². The molecule has 8 rings (SSSR count). The van der Waals surface area contributed by atoms with Gasteiger partial charge in [-0.25, -0.2) is 8.78 Å². The zero-order chi connectivity index (χ0) is 27.9. The number of phenolic OH excluding ortho intramolecular Hbond substituents is 1. The summed E-state index contributed by atoms with van der Waals surface area (Å²) in [5.74, 6) is 0.115. The van der Waals surface area contributed by atoms with Gasteiger partial charge in [0.2, 0.25) is 0 Å². The van der Waals surface area contributed by atoms with Gasteiger partial charge in [-0.3, -0.25) is 9.88 Å². The van der Waals surface area contributed by atoms with E-state index in [0.717, 1.165) is 50.6 Å². The van der Waals surface area contributed by atoms with Gasteiger partial charge < -0.3 is 19.5 Å². The standard InChI is InChI=1S/C30H32ClF2N5O3/c31-23-9-18(39)8-21(24(23)16-2-3-16)26-25(33)27-22(11-34-26)28(37-13-19-4-5-20(14-37)41-19)36-29(35-27)40-15-30-6-1-7-38(30)12-17(32)10-30/h8-9,11,16-17,19-20,39H,1-7,10,12-15H2/t17-,19?,20?,30+/m1/s1. The third-order valence-corrected chi connectivity index (χ3v) is 9.89. The van der Waals surface area contributed by atoms with E-state index in [9.17, 15) is 9.50 Å². The van der Waals surface area contributed by atoms with Gasteiger partial charge in [-0.05, 0) is 68.7 Å². The number of morpholine rings is 1. The summed E-state index contributed by atoms with van der Waals surface area (Å²) >= 11 is 6.53. The van der Waals surface area contributed by atoms with Crippen LogP contribution in [0.15, 0.2) is 18.3 Å². The maximum atomic E-state index is 16.5. The van der Waals surface area contributed by atoms with Crippen LogP contribution >= 0.6 is 11.6 Å². The molecule has 0 amide bonds. The van der Waals surface area contributed by atoms with Gasteiger partial charge >= 0.3 is 6.01 Å². The zero-order valence-corrected chi connectivity index (χ0v) is 23.4. The molecule has 2 unspecified atom stereocenters. The number of halogens is 3. The van der Waals surface area contributed by atoms with Crippen molar-refractivity contribution in [2.24, 2.45) is 0 Å². The van der Waals surface area contributed by atoms with Crippen molar-refractivity contribution in [1.29, 1.82) is 0 Å². The Morgan fingerprint density at radius 2 is 1.93 bits per heavy atom. The molecule has 41 heavy (non-hydrogen) atoms. The number of fused-ring (bicyclic) bond motifs is 4. The first-order valence-electron chi connectivity index (χ1n) is 14.7. The Hall–Kier alpha value is -2.82. The van der Waals surface area contributed by atoms with E-state index in [-0.39, 0.29) is 53.2 Å². The number of hydrogen-bond acceptors (Lipinski definition) is 8. The van der Waals surface area contributed by atoms with Crippen LogP contribution in [0.1, 0.15) is 56.4 Å². The van der Waals surface area contributed by atoms with Gasteiger partial charge in [0.25, 0.3) is 0 Å². The quantitative estimate of drug-likeness (QED) is 0.414. The highest BCUT2D eigenvalue weighted by atomic mass is 35.5. The summed E-state index contributed by atoms with van der Waals surface area (Å²) in [6.45, 7) is 2.80. The molecule has 0 radical (unpaired) electrons. The number of benzene rings is 1. The normalized spacial score (nSPS) is 29.4. The van der Waals surface area contributed by atoms with Crippen molar-refractivity contribution < 1.29 is 23.4 Å². The second kappa shape index (κ2) is 9.61. The van der Waals surface area contributed by atoms with Crippen molar-refractivity contribution in [3.8, 4) is 23.0 Å². The highest BCUT2D eigenvalue weighted by Crippen LogP contribution is 2.49. The molecule has 1 saturated carbocycles. The molecular formula is C30H32ClF2N5O3. The molecule has 5 fully saturated rings. The number of rotatable bonds is 6. The highest BCUT2D eigenvalue weighted by molar-refractivity contribution is 6.32. The second-order valence-electron chi connectivity index (χ2n) is 12.4. The van der Waals surface area contributed by atoms with E-state index in [1.54, 1.807) is 6.20 Å². The average molecular weight is 584 g/mol. The van der Waals surface area contributed by atoms with Gasteiger partial charge in [0, 0.05) is 42.8 Å². The fourth-order valence-electron chi connectivity index (χ4n) is 7.54. The zero-order valence-electron chi connectivity index (χ0n) is 22.7. The number of alkyl halides is 1. The Kier molecular flexibility index (Phi) is 6.06. The monoisotopic (exact) mass is 583 g/mol. The van der Waals surface area contributed by atoms with E-state index in [4.69, 9.17) is 26.1 Å². The first-order valence-corrected chi connectivity index (χ1v) is 15.1. The number of nitrogens with zero attached hydrogens (tertiary/aromatic N) is 5. The van der Waals surface area contributed by atoms with E-state index in [1.165, 1.54) is 12.1 Å². The molecule has 216 valence electrons. The molecule has 1 N–H and O–H groups in total. The van der Waals surface area contributed by atoms with Crippen LogP contribution in [0.5, 0.6) is 11.8 Å². The Morgan fingerprint density at radius 1 is 1.12 bits per heavy atom. The number of ether oxygens (including phenoxy) is 2. The van der Waals surface area contributed by atoms with Crippen molar-refractivity contribution in [3.05, 3.63) is 34.7 Å². The van der Waals surface area contributed by atoms with Gasteiger partial charge in [-0.2, -0.15) is 9.97 Å². The Labute approximate surface area is 241 Å². The summed E-state index contributed by atoms with van der Waals surface area (Å²) in [5.41, 5.74) is 1.09. The van der Waals surface area contributed by atoms with Crippen LogP contribution in [0.4, 0.5) is 14.6 Å². The maximum Gasteiger partial charge on any atom is 0.319 e.